The van der Waals surface area contributed by atoms with Crippen molar-refractivity contribution in [1.82, 2.24) is 0 Å². The van der Waals surface area contributed by atoms with Gasteiger partial charge in [-0.3, -0.25) is 4.81 Å². The topological polar surface area (TPSA) is 133 Å². The van der Waals surface area contributed by atoms with Crippen LogP contribution in [0.25, 0.3) is 0 Å². The standard InChI is InChI=1S/C9H20N.C5H3BN3O4/c1-3-4-7-10(2)8-5-6-9-10;7-2-1-5(3-8,4-9)12-13-6(10)11/h3-9H2,1-2H3;10H,1H2/q+1;-1. The Hall–Kier alpha value is -1.67. The van der Waals surface area contributed by atoms with E-state index in [0.717, 1.165) is 0 Å². The number of nitriles is 3. The molecule has 0 aromatic carbocycles. The monoisotopic (exact) mass is 322 g/mol. The highest BCUT2D eigenvalue weighted by Crippen LogP contribution is 2.16. The van der Waals surface area contributed by atoms with E-state index < -0.39 is 19.3 Å². The van der Waals surface area contributed by atoms with Crippen LogP contribution in [0.5, 0.6) is 0 Å². The normalized spacial score (nSPS) is 15.5. The molecule has 8 nitrogen and oxygen atoms in total. The molecule has 126 valence electrons. The summed E-state index contributed by atoms with van der Waals surface area (Å²) in [7, 11) is -0.109. The second-order valence-electron chi connectivity index (χ2n) is 5.72. The average Bonchev–Trinajstić information content (AvgIpc) is 2.97. The Balaban J connectivity index is 0.000000433. The van der Waals surface area contributed by atoms with Crippen molar-refractivity contribution >= 4 is 7.32 Å². The smallest absolute Gasteiger partial charge is 0.387 e. The number of unbranched alkanes of at least 4 members (excludes halogenated alkanes) is 1. The van der Waals surface area contributed by atoms with Crippen LogP contribution in [0, 0.1) is 34.0 Å². The molecule has 1 rings (SSSR count). The summed E-state index contributed by atoms with van der Waals surface area (Å²) in [5, 5.41) is 43.0. The predicted octanol–water partition coefficient (Wildman–Crippen LogP) is -0.00136. The van der Waals surface area contributed by atoms with Crippen molar-refractivity contribution in [1.29, 1.82) is 15.8 Å². The second kappa shape index (κ2) is 11.0. The lowest BCUT2D eigenvalue weighted by molar-refractivity contribution is -0.897. The van der Waals surface area contributed by atoms with Crippen molar-refractivity contribution in [2.45, 2.75) is 44.6 Å². The number of likely N-dealkylation sites (tertiary alicyclic amines) is 1. The lowest BCUT2D eigenvalue weighted by atomic mass is 10.1. The Morgan fingerprint density at radius 1 is 1.26 bits per heavy atom. The number of hydrogen-bond donors (Lipinski definition) is 1. The van der Waals surface area contributed by atoms with Gasteiger partial charge in [-0.15, -0.1) is 0 Å². The van der Waals surface area contributed by atoms with Gasteiger partial charge in [-0.25, -0.2) is 4.89 Å². The van der Waals surface area contributed by atoms with Crippen LogP contribution in [0.2, 0.25) is 0 Å². The van der Waals surface area contributed by atoms with Gasteiger partial charge in [-0.2, -0.15) is 15.8 Å². The van der Waals surface area contributed by atoms with Crippen LogP contribution < -0.4 is 5.02 Å². The summed E-state index contributed by atoms with van der Waals surface area (Å²) in [6.45, 7) is 6.55. The Labute approximate surface area is 137 Å². The van der Waals surface area contributed by atoms with Crippen molar-refractivity contribution in [3.63, 3.8) is 0 Å². The quantitative estimate of drug-likeness (QED) is 0.302. The minimum atomic E-state index is -2.51. The first-order chi connectivity index (χ1) is 10.9. The third-order valence-electron chi connectivity index (χ3n) is 3.66. The van der Waals surface area contributed by atoms with Crippen LogP contribution >= 0.6 is 0 Å². The van der Waals surface area contributed by atoms with Gasteiger partial charge in [0.25, 0.3) is 5.60 Å². The highest BCUT2D eigenvalue weighted by atomic mass is 17.2. The molecule has 9 heteroatoms. The zero-order valence-electron chi connectivity index (χ0n) is 13.7. The van der Waals surface area contributed by atoms with Crippen molar-refractivity contribution in [3.8, 4) is 18.2 Å². The van der Waals surface area contributed by atoms with Gasteiger partial charge in [-0.1, -0.05) is 13.3 Å². The van der Waals surface area contributed by atoms with E-state index >= 15 is 0 Å². The van der Waals surface area contributed by atoms with Crippen molar-refractivity contribution in [3.05, 3.63) is 0 Å². The lowest BCUT2D eigenvalue weighted by Gasteiger charge is -2.28. The van der Waals surface area contributed by atoms with E-state index in [1.165, 1.54) is 68.0 Å². The number of rotatable bonds is 7. The fourth-order valence-corrected chi connectivity index (χ4v) is 2.27. The second-order valence-corrected chi connectivity index (χ2v) is 5.72. The van der Waals surface area contributed by atoms with Crippen molar-refractivity contribution in [2.24, 2.45) is 0 Å². The van der Waals surface area contributed by atoms with Gasteiger partial charge in [0.05, 0.1) is 39.2 Å². The Morgan fingerprint density at radius 2 is 1.83 bits per heavy atom. The van der Waals surface area contributed by atoms with Crippen LogP contribution in [0.3, 0.4) is 0 Å². The molecule has 0 aliphatic carbocycles. The minimum absolute atomic E-state index is 0.591. The molecule has 0 atom stereocenters. The molecule has 23 heavy (non-hydrogen) atoms. The van der Waals surface area contributed by atoms with E-state index in [2.05, 4.69) is 23.7 Å². The molecule has 1 aliphatic rings. The first kappa shape index (κ1) is 21.3. The molecule has 1 fully saturated rings. The molecule has 1 aliphatic heterocycles. The zero-order valence-corrected chi connectivity index (χ0v) is 13.7. The predicted molar refractivity (Wildman–Crippen MR) is 79.3 cm³/mol. The third kappa shape index (κ3) is 8.51. The summed E-state index contributed by atoms with van der Waals surface area (Å²) < 4.78 is 1.36. The third-order valence-corrected chi connectivity index (χ3v) is 3.66. The molecule has 0 saturated carbocycles. The van der Waals surface area contributed by atoms with Gasteiger partial charge in [0, 0.05) is 12.8 Å². The highest BCUT2D eigenvalue weighted by Gasteiger charge is 2.33. The molecular formula is C14H23BN4O4. The first-order valence-corrected chi connectivity index (χ1v) is 7.58. The van der Waals surface area contributed by atoms with E-state index in [1.807, 2.05) is 0 Å². The van der Waals surface area contributed by atoms with Gasteiger partial charge < -0.3 is 14.5 Å². The lowest BCUT2D eigenvalue weighted by Crippen LogP contribution is -2.41. The van der Waals surface area contributed by atoms with E-state index in [1.54, 1.807) is 0 Å². The molecular weight excluding hydrogens is 299 g/mol. The van der Waals surface area contributed by atoms with E-state index in [4.69, 9.17) is 20.8 Å². The van der Waals surface area contributed by atoms with Gasteiger partial charge in [0.15, 0.2) is 0 Å². The average molecular weight is 322 g/mol. The largest absolute Gasteiger partial charge is 0.830 e. The van der Waals surface area contributed by atoms with E-state index in [0.29, 0.717) is 0 Å². The van der Waals surface area contributed by atoms with Crippen molar-refractivity contribution < 1.29 is 24.2 Å². The summed E-state index contributed by atoms with van der Waals surface area (Å²) in [6, 6.07) is 4.18. The molecule has 1 heterocycles. The molecule has 0 aromatic rings. The fraction of sp³-hybridized carbons (Fsp3) is 0.786. The molecule has 0 spiro atoms. The van der Waals surface area contributed by atoms with Crippen LogP contribution in [0.15, 0.2) is 0 Å². The Kier molecular flexibility index (Phi) is 10.2. The summed E-state index contributed by atoms with van der Waals surface area (Å²) >= 11 is 0. The van der Waals surface area contributed by atoms with Gasteiger partial charge in [0.1, 0.15) is 12.1 Å². The zero-order chi connectivity index (χ0) is 17.8. The van der Waals surface area contributed by atoms with Gasteiger partial charge >= 0.3 is 7.32 Å². The highest BCUT2D eigenvalue weighted by molar-refractivity contribution is 6.30. The molecule has 0 unspecified atom stereocenters. The van der Waals surface area contributed by atoms with Crippen molar-refractivity contribution in [2.75, 3.05) is 26.7 Å². The Bertz CT molecular complexity index is 447. The van der Waals surface area contributed by atoms with Gasteiger partial charge in [0.2, 0.25) is 0 Å². The summed E-state index contributed by atoms with van der Waals surface area (Å²) in [5.74, 6) is 0. The summed E-state index contributed by atoms with van der Waals surface area (Å²) in [6.07, 6.45) is 5.09. The van der Waals surface area contributed by atoms with Crippen LogP contribution in [0.4, 0.5) is 0 Å². The molecule has 1 N–H and O–H groups in total. The maximum absolute atomic E-state index is 9.92. The first-order valence-electron chi connectivity index (χ1n) is 7.58. The molecule has 0 amide bonds. The van der Waals surface area contributed by atoms with Crippen LogP contribution in [0.1, 0.15) is 39.0 Å². The van der Waals surface area contributed by atoms with Gasteiger partial charge in [-0.05, 0) is 6.42 Å². The molecule has 0 radical (unpaired) electrons. The molecule has 1 saturated heterocycles. The van der Waals surface area contributed by atoms with E-state index in [9.17, 15) is 5.02 Å². The maximum Gasteiger partial charge on any atom is 0.387 e. The minimum Gasteiger partial charge on any atom is -0.830 e. The molecule has 0 aromatic heterocycles. The van der Waals surface area contributed by atoms with Crippen LogP contribution in [-0.2, 0) is 9.69 Å². The summed E-state index contributed by atoms with van der Waals surface area (Å²) in [4.78, 5) is 7.67. The Morgan fingerprint density at radius 3 is 2.22 bits per heavy atom. The number of quaternary nitrogens is 1. The van der Waals surface area contributed by atoms with Crippen LogP contribution in [-0.4, -0.2) is 49.1 Å². The number of hydrogen-bond acceptors (Lipinski definition) is 7. The molecule has 0 bridgehead atoms. The summed E-state index contributed by atoms with van der Waals surface area (Å²) in [5.41, 5.74) is -2.17. The SMILES string of the molecule is CCCC[N+]1(C)CCCC1.N#CCC(C#N)(C#N)OOB([O-])O. The van der Waals surface area contributed by atoms with E-state index in [-0.39, 0.29) is 0 Å². The fourth-order valence-electron chi connectivity index (χ4n) is 2.27. The number of nitrogens with zero attached hydrogens (tertiary/aromatic N) is 4. The maximum atomic E-state index is 9.92.